The highest BCUT2D eigenvalue weighted by Crippen LogP contribution is 2.31. The van der Waals surface area contributed by atoms with Crippen molar-refractivity contribution in [3.63, 3.8) is 0 Å². The second-order valence-corrected chi connectivity index (χ2v) is 6.43. The number of piperidine rings is 1. The van der Waals surface area contributed by atoms with E-state index in [9.17, 15) is 9.90 Å². The zero-order chi connectivity index (χ0) is 15.0. The summed E-state index contributed by atoms with van der Waals surface area (Å²) in [5.74, 6) is 0.0156. The van der Waals surface area contributed by atoms with E-state index in [1.807, 2.05) is 11.8 Å². The van der Waals surface area contributed by atoms with Gasteiger partial charge in [0.2, 0.25) is 0 Å². The Bertz CT molecular complexity index is 537. The highest BCUT2D eigenvalue weighted by Gasteiger charge is 2.37. The quantitative estimate of drug-likeness (QED) is 0.903. The van der Waals surface area contributed by atoms with E-state index in [-0.39, 0.29) is 16.7 Å². The first-order chi connectivity index (χ1) is 10.1. The van der Waals surface area contributed by atoms with Crippen molar-refractivity contribution in [3.05, 3.63) is 28.8 Å². The molecule has 2 N–H and O–H groups in total. The first-order valence-corrected chi connectivity index (χ1v) is 8.01. The standard InChI is InChI=1S/C16H21ClN2O2/c1-2-19(13-8-11-4-5-12(9-13)18-11)16(21)10-3-6-15(20)14(17)7-10/h3,6-7,11-13,18,20H,2,4-5,8-9H2,1H3. The number of hydrogen-bond donors (Lipinski definition) is 2. The van der Waals surface area contributed by atoms with Crippen molar-refractivity contribution < 1.29 is 9.90 Å². The van der Waals surface area contributed by atoms with Crippen molar-refractivity contribution >= 4 is 17.5 Å². The Morgan fingerprint density at radius 1 is 1.38 bits per heavy atom. The maximum Gasteiger partial charge on any atom is 0.254 e. The summed E-state index contributed by atoms with van der Waals surface area (Å²) in [7, 11) is 0. The molecule has 2 unspecified atom stereocenters. The molecule has 2 saturated heterocycles. The van der Waals surface area contributed by atoms with Gasteiger partial charge in [0.25, 0.3) is 5.91 Å². The van der Waals surface area contributed by atoms with Gasteiger partial charge < -0.3 is 15.3 Å². The number of carbonyl (C=O) groups is 1. The lowest BCUT2D eigenvalue weighted by atomic mass is 9.97. The fourth-order valence-electron chi connectivity index (χ4n) is 3.66. The number of benzene rings is 1. The minimum Gasteiger partial charge on any atom is -0.506 e. The third-order valence-corrected chi connectivity index (χ3v) is 4.99. The SMILES string of the molecule is CCN(C(=O)c1ccc(O)c(Cl)c1)C1CC2CCC(C1)N2. The summed E-state index contributed by atoms with van der Waals surface area (Å²) in [6, 6.07) is 6.08. The third kappa shape index (κ3) is 2.87. The van der Waals surface area contributed by atoms with Gasteiger partial charge in [-0.25, -0.2) is 0 Å². The van der Waals surface area contributed by atoms with Gasteiger partial charge in [0.1, 0.15) is 5.75 Å². The smallest absolute Gasteiger partial charge is 0.254 e. The van der Waals surface area contributed by atoms with Gasteiger partial charge in [-0.05, 0) is 50.8 Å². The highest BCUT2D eigenvalue weighted by molar-refractivity contribution is 6.32. The van der Waals surface area contributed by atoms with Crippen LogP contribution in [0.4, 0.5) is 0 Å². The van der Waals surface area contributed by atoms with Gasteiger partial charge in [0, 0.05) is 30.2 Å². The van der Waals surface area contributed by atoms with Crippen LogP contribution in [0.3, 0.4) is 0 Å². The van der Waals surface area contributed by atoms with Crippen LogP contribution < -0.4 is 5.32 Å². The number of amides is 1. The van der Waals surface area contributed by atoms with Gasteiger partial charge in [-0.2, -0.15) is 0 Å². The monoisotopic (exact) mass is 308 g/mol. The first kappa shape index (κ1) is 14.7. The van der Waals surface area contributed by atoms with E-state index in [4.69, 9.17) is 11.6 Å². The van der Waals surface area contributed by atoms with Crippen LogP contribution in [0.25, 0.3) is 0 Å². The van der Waals surface area contributed by atoms with Crippen molar-refractivity contribution in [2.75, 3.05) is 6.54 Å². The van der Waals surface area contributed by atoms with Crippen LogP contribution in [0.5, 0.6) is 5.75 Å². The average Bonchev–Trinajstić information content (AvgIpc) is 2.81. The second-order valence-electron chi connectivity index (χ2n) is 6.02. The normalized spacial score (nSPS) is 27.6. The topological polar surface area (TPSA) is 52.6 Å². The van der Waals surface area contributed by atoms with Crippen LogP contribution in [0.2, 0.25) is 5.02 Å². The number of nitrogens with one attached hydrogen (secondary N) is 1. The summed E-state index contributed by atoms with van der Waals surface area (Å²) in [5, 5.41) is 13.3. The molecule has 5 heteroatoms. The Balaban J connectivity index is 1.79. The molecule has 2 aliphatic heterocycles. The molecule has 1 amide bonds. The summed E-state index contributed by atoms with van der Waals surface area (Å²) in [6.07, 6.45) is 4.50. The molecule has 2 atom stereocenters. The van der Waals surface area contributed by atoms with Crippen LogP contribution in [0.1, 0.15) is 43.0 Å². The van der Waals surface area contributed by atoms with Gasteiger partial charge >= 0.3 is 0 Å². The predicted octanol–water partition coefficient (Wildman–Crippen LogP) is 2.79. The van der Waals surface area contributed by atoms with Crippen molar-refractivity contribution in [1.82, 2.24) is 10.2 Å². The Morgan fingerprint density at radius 3 is 2.62 bits per heavy atom. The number of rotatable bonds is 3. The number of carbonyl (C=O) groups excluding carboxylic acids is 1. The summed E-state index contributed by atoms with van der Waals surface area (Å²) in [6.45, 7) is 2.71. The summed E-state index contributed by atoms with van der Waals surface area (Å²) in [5.41, 5.74) is 0.547. The maximum atomic E-state index is 12.7. The number of halogens is 1. The zero-order valence-corrected chi connectivity index (χ0v) is 12.9. The average molecular weight is 309 g/mol. The maximum absolute atomic E-state index is 12.7. The number of aromatic hydroxyl groups is 1. The number of hydrogen-bond acceptors (Lipinski definition) is 3. The molecule has 114 valence electrons. The lowest BCUT2D eigenvalue weighted by molar-refractivity contribution is 0.0631. The molecule has 2 heterocycles. The number of phenols is 1. The summed E-state index contributed by atoms with van der Waals surface area (Å²) < 4.78 is 0. The van der Waals surface area contributed by atoms with E-state index in [0.717, 1.165) is 12.8 Å². The molecule has 3 rings (SSSR count). The van der Waals surface area contributed by atoms with Crippen LogP contribution >= 0.6 is 11.6 Å². The van der Waals surface area contributed by atoms with Gasteiger partial charge in [-0.3, -0.25) is 4.79 Å². The molecule has 0 radical (unpaired) electrons. The second kappa shape index (κ2) is 5.85. The zero-order valence-electron chi connectivity index (χ0n) is 12.2. The highest BCUT2D eigenvalue weighted by atomic mass is 35.5. The van der Waals surface area contributed by atoms with E-state index in [2.05, 4.69) is 5.32 Å². The lowest BCUT2D eigenvalue weighted by Crippen LogP contribution is -2.50. The van der Waals surface area contributed by atoms with Gasteiger partial charge in [0.05, 0.1) is 5.02 Å². The largest absolute Gasteiger partial charge is 0.506 e. The molecule has 2 aliphatic rings. The molecule has 4 nitrogen and oxygen atoms in total. The van der Waals surface area contributed by atoms with E-state index in [1.165, 1.54) is 18.9 Å². The minimum atomic E-state index is 0.00528. The predicted molar refractivity (Wildman–Crippen MR) is 82.8 cm³/mol. The molecule has 2 bridgehead atoms. The molecule has 0 aliphatic carbocycles. The lowest BCUT2D eigenvalue weighted by Gasteiger charge is -2.37. The first-order valence-electron chi connectivity index (χ1n) is 7.64. The van der Waals surface area contributed by atoms with E-state index >= 15 is 0 Å². The molecular formula is C16H21ClN2O2. The molecular weight excluding hydrogens is 288 g/mol. The number of fused-ring (bicyclic) bond motifs is 2. The van der Waals surface area contributed by atoms with Crippen LogP contribution in [-0.2, 0) is 0 Å². The van der Waals surface area contributed by atoms with Gasteiger partial charge in [-0.1, -0.05) is 11.6 Å². The molecule has 1 aromatic carbocycles. The summed E-state index contributed by atoms with van der Waals surface area (Å²) >= 11 is 5.92. The van der Waals surface area contributed by atoms with Crippen LogP contribution in [0, 0.1) is 0 Å². The van der Waals surface area contributed by atoms with Crippen molar-refractivity contribution in [2.45, 2.75) is 50.7 Å². The van der Waals surface area contributed by atoms with Gasteiger partial charge in [-0.15, -0.1) is 0 Å². The molecule has 0 spiro atoms. The molecule has 0 aromatic heterocycles. The molecule has 0 saturated carbocycles. The van der Waals surface area contributed by atoms with Gasteiger partial charge in [0.15, 0.2) is 0 Å². The summed E-state index contributed by atoms with van der Waals surface area (Å²) in [4.78, 5) is 14.7. The Hall–Kier alpha value is -1.26. The number of phenolic OH excluding ortho intramolecular Hbond substituents is 1. The molecule has 2 fully saturated rings. The third-order valence-electron chi connectivity index (χ3n) is 4.69. The fraction of sp³-hybridized carbons (Fsp3) is 0.562. The fourth-order valence-corrected chi connectivity index (χ4v) is 3.84. The van der Waals surface area contributed by atoms with E-state index < -0.39 is 0 Å². The number of nitrogens with zero attached hydrogens (tertiary/aromatic N) is 1. The Morgan fingerprint density at radius 2 is 2.05 bits per heavy atom. The van der Waals surface area contributed by atoms with Crippen LogP contribution in [-0.4, -0.2) is 40.6 Å². The Kier molecular flexibility index (Phi) is 4.09. The van der Waals surface area contributed by atoms with Crippen molar-refractivity contribution in [3.8, 4) is 5.75 Å². The molecule has 1 aromatic rings. The van der Waals surface area contributed by atoms with Crippen LogP contribution in [0.15, 0.2) is 18.2 Å². The Labute approximate surface area is 130 Å². The van der Waals surface area contributed by atoms with Crippen molar-refractivity contribution in [2.24, 2.45) is 0 Å². The van der Waals surface area contributed by atoms with E-state index in [1.54, 1.807) is 12.1 Å². The van der Waals surface area contributed by atoms with Crippen molar-refractivity contribution in [1.29, 1.82) is 0 Å². The molecule has 21 heavy (non-hydrogen) atoms. The minimum absolute atomic E-state index is 0.00528. The van der Waals surface area contributed by atoms with E-state index in [0.29, 0.717) is 30.2 Å².